The predicted molar refractivity (Wildman–Crippen MR) is 113 cm³/mol. The number of carbonyl (C=O) groups is 1. The van der Waals surface area contributed by atoms with Gasteiger partial charge in [-0.05, 0) is 37.6 Å². The number of piperazine rings is 1. The molecule has 146 valence electrons. The second-order valence-electron chi connectivity index (χ2n) is 7.53. The Bertz CT molecular complexity index is 924. The van der Waals surface area contributed by atoms with Gasteiger partial charge < -0.3 is 14.6 Å². The van der Waals surface area contributed by atoms with E-state index in [1.165, 1.54) is 11.3 Å². The van der Waals surface area contributed by atoms with E-state index in [-0.39, 0.29) is 11.9 Å². The van der Waals surface area contributed by atoms with Gasteiger partial charge in [0.05, 0.1) is 12.6 Å². The molecule has 2 aromatic carbocycles. The van der Waals surface area contributed by atoms with Crippen LogP contribution in [-0.4, -0.2) is 43.5 Å². The van der Waals surface area contributed by atoms with E-state index in [2.05, 4.69) is 46.3 Å². The van der Waals surface area contributed by atoms with Crippen LogP contribution in [0.5, 0.6) is 0 Å². The molecule has 5 nitrogen and oxygen atoms in total. The van der Waals surface area contributed by atoms with Gasteiger partial charge in [-0.1, -0.05) is 36.4 Å². The Balaban J connectivity index is 1.29. The van der Waals surface area contributed by atoms with Crippen molar-refractivity contribution in [1.82, 2.24) is 10.2 Å². The van der Waals surface area contributed by atoms with Crippen LogP contribution in [0.1, 0.15) is 24.3 Å². The van der Waals surface area contributed by atoms with Crippen molar-refractivity contribution in [3.8, 4) is 0 Å². The topological polar surface area (TPSA) is 48.7 Å². The van der Waals surface area contributed by atoms with Crippen LogP contribution in [0.3, 0.4) is 0 Å². The zero-order valence-corrected chi connectivity index (χ0v) is 16.5. The number of hydrogen-bond donors (Lipinski definition) is 1. The third kappa shape index (κ3) is 4.04. The number of aryl methyl sites for hydroxylation is 1. The largest absolute Gasteiger partial charge is 0.459 e. The molecule has 28 heavy (non-hydrogen) atoms. The minimum absolute atomic E-state index is 0.0392. The minimum atomic E-state index is -0.145. The smallest absolute Gasteiger partial charge is 0.234 e. The van der Waals surface area contributed by atoms with Gasteiger partial charge >= 0.3 is 0 Å². The second kappa shape index (κ2) is 8.07. The van der Waals surface area contributed by atoms with Gasteiger partial charge in [-0.25, -0.2) is 0 Å². The summed E-state index contributed by atoms with van der Waals surface area (Å²) in [6.07, 6.45) is 0. The van der Waals surface area contributed by atoms with Crippen molar-refractivity contribution in [3.05, 3.63) is 65.9 Å². The fraction of sp³-hybridized carbons (Fsp3) is 0.348. The predicted octanol–water partition coefficient (Wildman–Crippen LogP) is 3.74. The van der Waals surface area contributed by atoms with Crippen LogP contribution < -0.4 is 10.2 Å². The number of carbonyl (C=O) groups excluding carboxylic acids is 1. The van der Waals surface area contributed by atoms with Crippen LogP contribution in [0.25, 0.3) is 11.0 Å². The maximum absolute atomic E-state index is 12.5. The summed E-state index contributed by atoms with van der Waals surface area (Å²) in [5, 5.41) is 4.13. The molecule has 1 unspecified atom stereocenters. The van der Waals surface area contributed by atoms with E-state index in [9.17, 15) is 4.79 Å². The van der Waals surface area contributed by atoms with Gasteiger partial charge in [-0.2, -0.15) is 0 Å². The normalized spacial score (nSPS) is 16.3. The van der Waals surface area contributed by atoms with Gasteiger partial charge in [0, 0.05) is 37.3 Å². The van der Waals surface area contributed by atoms with Crippen molar-refractivity contribution < 1.29 is 9.21 Å². The fourth-order valence-corrected chi connectivity index (χ4v) is 3.84. The molecule has 0 spiro atoms. The SMILES string of the molecule is Cc1ccccc1N1CCN(CC(=O)NC(C)c2cc3ccccc3o2)CC1. The van der Waals surface area contributed by atoms with E-state index in [1.54, 1.807) is 0 Å². The van der Waals surface area contributed by atoms with Crippen molar-refractivity contribution in [2.24, 2.45) is 0 Å². The van der Waals surface area contributed by atoms with Crippen molar-refractivity contribution >= 4 is 22.6 Å². The molecule has 0 saturated carbocycles. The zero-order chi connectivity index (χ0) is 19.5. The minimum Gasteiger partial charge on any atom is -0.459 e. The molecule has 2 heterocycles. The summed E-state index contributed by atoms with van der Waals surface area (Å²) in [7, 11) is 0. The van der Waals surface area contributed by atoms with Gasteiger partial charge in [0.15, 0.2) is 0 Å². The number of para-hydroxylation sites is 2. The molecule has 1 N–H and O–H groups in total. The molecule has 0 radical (unpaired) electrons. The van der Waals surface area contributed by atoms with E-state index in [4.69, 9.17) is 4.42 Å². The molecular formula is C23H27N3O2. The molecule has 0 aliphatic carbocycles. The standard InChI is InChI=1S/C23H27N3O2/c1-17-7-3-5-9-20(17)26-13-11-25(12-14-26)16-23(27)24-18(2)22-15-19-8-4-6-10-21(19)28-22/h3-10,15,18H,11-14,16H2,1-2H3,(H,24,27). The fourth-order valence-electron chi connectivity index (χ4n) is 3.84. The number of benzene rings is 2. The van der Waals surface area contributed by atoms with E-state index in [1.807, 2.05) is 37.3 Å². The number of anilines is 1. The Morgan fingerprint density at radius 3 is 2.54 bits per heavy atom. The van der Waals surface area contributed by atoms with Gasteiger partial charge in [-0.15, -0.1) is 0 Å². The highest BCUT2D eigenvalue weighted by atomic mass is 16.3. The summed E-state index contributed by atoms with van der Waals surface area (Å²) < 4.78 is 5.86. The average molecular weight is 377 g/mol. The molecular weight excluding hydrogens is 350 g/mol. The molecule has 1 fully saturated rings. The first-order chi connectivity index (χ1) is 13.6. The van der Waals surface area contributed by atoms with Crippen LogP contribution in [0.15, 0.2) is 59.0 Å². The molecule has 1 aliphatic heterocycles. The Labute approximate surface area is 165 Å². The molecule has 1 saturated heterocycles. The lowest BCUT2D eigenvalue weighted by molar-refractivity contribution is -0.123. The Hall–Kier alpha value is -2.79. The third-order valence-electron chi connectivity index (χ3n) is 5.44. The number of fused-ring (bicyclic) bond motifs is 1. The van der Waals surface area contributed by atoms with Crippen molar-refractivity contribution in [2.45, 2.75) is 19.9 Å². The van der Waals surface area contributed by atoms with Crippen LogP contribution in [0, 0.1) is 6.92 Å². The van der Waals surface area contributed by atoms with E-state index >= 15 is 0 Å². The van der Waals surface area contributed by atoms with Gasteiger partial charge in [0.1, 0.15) is 11.3 Å². The quantitative estimate of drug-likeness (QED) is 0.736. The molecule has 0 bridgehead atoms. The third-order valence-corrected chi connectivity index (χ3v) is 5.44. The summed E-state index contributed by atoms with van der Waals surface area (Å²) in [5.41, 5.74) is 3.45. The van der Waals surface area contributed by atoms with Gasteiger partial charge in [-0.3, -0.25) is 9.69 Å². The highest BCUT2D eigenvalue weighted by molar-refractivity contribution is 5.80. The van der Waals surface area contributed by atoms with Crippen LogP contribution >= 0.6 is 0 Å². The molecule has 5 heteroatoms. The summed E-state index contributed by atoms with van der Waals surface area (Å²) in [4.78, 5) is 17.1. The Kier molecular flexibility index (Phi) is 5.35. The molecule has 1 atom stereocenters. The number of rotatable bonds is 5. The summed E-state index contributed by atoms with van der Waals surface area (Å²) in [5.74, 6) is 0.830. The molecule has 1 amide bonds. The molecule has 1 aromatic heterocycles. The average Bonchev–Trinajstić information content (AvgIpc) is 3.13. The molecule has 4 rings (SSSR count). The number of hydrogen-bond acceptors (Lipinski definition) is 4. The lowest BCUT2D eigenvalue weighted by Crippen LogP contribution is -2.49. The number of nitrogens with zero attached hydrogens (tertiary/aromatic N) is 2. The highest BCUT2D eigenvalue weighted by Gasteiger charge is 2.21. The number of amides is 1. The zero-order valence-electron chi connectivity index (χ0n) is 16.5. The number of nitrogens with one attached hydrogen (secondary N) is 1. The maximum Gasteiger partial charge on any atom is 0.234 e. The second-order valence-corrected chi connectivity index (χ2v) is 7.53. The monoisotopic (exact) mass is 377 g/mol. The van der Waals surface area contributed by atoms with E-state index in [0.29, 0.717) is 6.54 Å². The van der Waals surface area contributed by atoms with Crippen molar-refractivity contribution in [3.63, 3.8) is 0 Å². The Morgan fingerprint density at radius 1 is 1.07 bits per heavy atom. The Morgan fingerprint density at radius 2 is 1.79 bits per heavy atom. The molecule has 1 aliphatic rings. The number of furan rings is 1. The summed E-state index contributed by atoms with van der Waals surface area (Å²) >= 11 is 0. The van der Waals surface area contributed by atoms with Gasteiger partial charge in [0.25, 0.3) is 0 Å². The van der Waals surface area contributed by atoms with Gasteiger partial charge in [0.2, 0.25) is 5.91 Å². The lowest BCUT2D eigenvalue weighted by Gasteiger charge is -2.36. The molecule has 3 aromatic rings. The maximum atomic E-state index is 12.5. The van der Waals surface area contributed by atoms with Crippen molar-refractivity contribution in [2.75, 3.05) is 37.6 Å². The summed E-state index contributed by atoms with van der Waals surface area (Å²) in [6, 6.07) is 18.2. The van der Waals surface area contributed by atoms with Crippen LogP contribution in [-0.2, 0) is 4.79 Å². The van der Waals surface area contributed by atoms with E-state index in [0.717, 1.165) is 42.9 Å². The summed E-state index contributed by atoms with van der Waals surface area (Å²) in [6.45, 7) is 8.20. The van der Waals surface area contributed by atoms with Crippen LogP contribution in [0.4, 0.5) is 5.69 Å². The first-order valence-electron chi connectivity index (χ1n) is 9.91. The van der Waals surface area contributed by atoms with E-state index < -0.39 is 0 Å². The highest BCUT2D eigenvalue weighted by Crippen LogP contribution is 2.24. The lowest BCUT2D eigenvalue weighted by atomic mass is 10.1. The first kappa shape index (κ1) is 18.6. The van der Waals surface area contributed by atoms with Crippen LogP contribution in [0.2, 0.25) is 0 Å². The van der Waals surface area contributed by atoms with Crippen molar-refractivity contribution in [1.29, 1.82) is 0 Å². The first-order valence-corrected chi connectivity index (χ1v) is 9.91.